The summed E-state index contributed by atoms with van der Waals surface area (Å²) in [6.07, 6.45) is 0.440. The van der Waals surface area contributed by atoms with Gasteiger partial charge in [0.15, 0.2) is 0 Å². The average Bonchev–Trinajstić information content (AvgIpc) is 2.12. The quantitative estimate of drug-likeness (QED) is 0.759. The zero-order valence-electron chi connectivity index (χ0n) is 7.46. The highest BCUT2D eigenvalue weighted by Gasteiger charge is 1.92. The van der Waals surface area contributed by atoms with Crippen molar-refractivity contribution >= 4 is 17.6 Å². The first-order valence-corrected chi connectivity index (χ1v) is 4.52. The second-order valence-electron chi connectivity index (χ2n) is 2.71. The number of carboxylic acids is 1. The molecule has 0 spiro atoms. The van der Waals surface area contributed by atoms with Crippen molar-refractivity contribution in [3.05, 3.63) is 34.9 Å². The highest BCUT2D eigenvalue weighted by atomic mass is 35.5. The lowest BCUT2D eigenvalue weighted by atomic mass is 10.2. The molecule has 0 aliphatic heterocycles. The van der Waals surface area contributed by atoms with E-state index in [1.807, 2.05) is 12.1 Å². The number of carboxylic acid groups (broad SMARTS) is 1. The minimum absolute atomic E-state index is 0.0770. The number of halogens is 1. The van der Waals surface area contributed by atoms with E-state index in [2.05, 4.69) is 11.8 Å². The molecule has 0 saturated heterocycles. The molecule has 0 unspecified atom stereocenters. The summed E-state index contributed by atoms with van der Waals surface area (Å²) >= 11 is 5.75. The molecule has 1 aromatic carbocycles. The highest BCUT2D eigenvalue weighted by Crippen LogP contribution is 2.09. The van der Waals surface area contributed by atoms with Gasteiger partial charge in [-0.2, -0.15) is 0 Å². The molecule has 0 fully saturated rings. The zero-order chi connectivity index (χ0) is 10.4. The lowest BCUT2D eigenvalue weighted by Gasteiger charge is -1.90. The maximum atomic E-state index is 10.2. The van der Waals surface area contributed by atoms with E-state index in [4.69, 9.17) is 16.7 Å². The van der Waals surface area contributed by atoms with Gasteiger partial charge in [-0.05, 0) is 18.2 Å². The van der Waals surface area contributed by atoms with Crippen LogP contribution >= 0.6 is 11.6 Å². The van der Waals surface area contributed by atoms with Gasteiger partial charge in [-0.25, -0.2) is 0 Å². The molecule has 0 aliphatic carbocycles. The summed E-state index contributed by atoms with van der Waals surface area (Å²) in [7, 11) is 0. The summed E-state index contributed by atoms with van der Waals surface area (Å²) in [6, 6.07) is 7.16. The van der Waals surface area contributed by atoms with E-state index in [-0.39, 0.29) is 6.42 Å². The Balaban J connectivity index is 2.55. The molecule has 1 rings (SSSR count). The van der Waals surface area contributed by atoms with E-state index in [0.717, 1.165) is 5.56 Å². The van der Waals surface area contributed by atoms with Crippen LogP contribution in [0.1, 0.15) is 18.4 Å². The topological polar surface area (TPSA) is 37.3 Å². The Kier molecular flexibility index (Phi) is 4.03. The first-order valence-electron chi connectivity index (χ1n) is 4.15. The van der Waals surface area contributed by atoms with Crippen molar-refractivity contribution in [2.45, 2.75) is 12.8 Å². The molecular formula is C11H9ClO2. The van der Waals surface area contributed by atoms with E-state index >= 15 is 0 Å². The molecule has 72 valence electrons. The molecule has 14 heavy (non-hydrogen) atoms. The molecule has 0 atom stereocenters. The third-order valence-electron chi connectivity index (χ3n) is 1.52. The molecule has 0 aromatic heterocycles. The second kappa shape index (κ2) is 5.31. The summed E-state index contributed by atoms with van der Waals surface area (Å²) in [6.45, 7) is 0. The summed E-state index contributed by atoms with van der Waals surface area (Å²) in [5, 5.41) is 9.00. The Morgan fingerprint density at radius 2 is 2.29 bits per heavy atom. The van der Waals surface area contributed by atoms with Crippen molar-refractivity contribution in [1.82, 2.24) is 0 Å². The van der Waals surface area contributed by atoms with Gasteiger partial charge in [0.1, 0.15) is 0 Å². The molecule has 0 heterocycles. The van der Waals surface area contributed by atoms with Crippen LogP contribution in [0, 0.1) is 11.8 Å². The molecule has 1 aromatic rings. The van der Waals surface area contributed by atoms with E-state index in [9.17, 15) is 4.79 Å². The van der Waals surface area contributed by atoms with Crippen LogP contribution in [0.4, 0.5) is 0 Å². The SMILES string of the molecule is O=C(O)CCC#Cc1cccc(Cl)c1. The molecule has 0 saturated carbocycles. The fraction of sp³-hybridized carbons (Fsp3) is 0.182. The lowest BCUT2D eigenvalue weighted by Crippen LogP contribution is -1.91. The third-order valence-corrected chi connectivity index (χ3v) is 1.76. The molecule has 0 bridgehead atoms. The van der Waals surface area contributed by atoms with Crippen LogP contribution in [0.15, 0.2) is 24.3 Å². The molecule has 0 radical (unpaired) electrons. The average molecular weight is 209 g/mol. The molecule has 2 nitrogen and oxygen atoms in total. The van der Waals surface area contributed by atoms with Crippen LogP contribution in [0.2, 0.25) is 5.02 Å². The van der Waals surface area contributed by atoms with Crippen molar-refractivity contribution in [3.8, 4) is 11.8 Å². The van der Waals surface area contributed by atoms with Crippen LogP contribution in [0.5, 0.6) is 0 Å². The largest absolute Gasteiger partial charge is 0.481 e. The zero-order valence-corrected chi connectivity index (χ0v) is 8.21. The molecule has 1 N–H and O–H groups in total. The van der Waals surface area contributed by atoms with Gasteiger partial charge < -0.3 is 5.11 Å². The Hall–Kier alpha value is -1.46. The Bertz CT molecular complexity index is 388. The summed E-state index contributed by atoms with van der Waals surface area (Å²) in [5.41, 5.74) is 0.808. The molecule has 3 heteroatoms. The lowest BCUT2D eigenvalue weighted by molar-refractivity contribution is -0.136. The van der Waals surface area contributed by atoms with Gasteiger partial charge in [-0.15, -0.1) is 0 Å². The highest BCUT2D eigenvalue weighted by molar-refractivity contribution is 6.30. The summed E-state index contributed by atoms with van der Waals surface area (Å²) in [4.78, 5) is 10.2. The monoisotopic (exact) mass is 208 g/mol. The van der Waals surface area contributed by atoms with Gasteiger partial charge in [0.25, 0.3) is 0 Å². The summed E-state index contributed by atoms with van der Waals surface area (Å²) < 4.78 is 0. The van der Waals surface area contributed by atoms with E-state index in [1.165, 1.54) is 0 Å². The first-order chi connectivity index (χ1) is 6.68. The molecule has 0 amide bonds. The fourth-order valence-electron chi connectivity index (χ4n) is 0.900. The normalized spacial score (nSPS) is 8.93. The van der Waals surface area contributed by atoms with Crippen molar-refractivity contribution in [2.75, 3.05) is 0 Å². The van der Waals surface area contributed by atoms with Gasteiger partial charge in [0.2, 0.25) is 0 Å². The smallest absolute Gasteiger partial charge is 0.304 e. The Labute approximate surface area is 87.5 Å². The number of carbonyl (C=O) groups is 1. The predicted octanol–water partition coefficient (Wildman–Crippen LogP) is 2.56. The minimum atomic E-state index is -0.828. The molecular weight excluding hydrogens is 200 g/mol. The van der Waals surface area contributed by atoms with E-state index < -0.39 is 5.97 Å². The number of hydrogen-bond acceptors (Lipinski definition) is 1. The van der Waals surface area contributed by atoms with E-state index in [1.54, 1.807) is 12.1 Å². The number of hydrogen-bond donors (Lipinski definition) is 1. The van der Waals surface area contributed by atoms with Gasteiger partial charge >= 0.3 is 5.97 Å². The van der Waals surface area contributed by atoms with Crippen molar-refractivity contribution < 1.29 is 9.90 Å². The minimum Gasteiger partial charge on any atom is -0.481 e. The van der Waals surface area contributed by atoms with Crippen LogP contribution in [0.25, 0.3) is 0 Å². The van der Waals surface area contributed by atoms with Crippen molar-refractivity contribution in [1.29, 1.82) is 0 Å². The fourth-order valence-corrected chi connectivity index (χ4v) is 1.09. The molecule has 0 aliphatic rings. The number of rotatable bonds is 2. The first kappa shape index (κ1) is 10.6. The second-order valence-corrected chi connectivity index (χ2v) is 3.14. The Morgan fingerprint density at radius 1 is 1.50 bits per heavy atom. The van der Waals surface area contributed by atoms with Gasteiger partial charge in [0.05, 0.1) is 6.42 Å². The van der Waals surface area contributed by atoms with Gasteiger partial charge in [-0.3, -0.25) is 4.79 Å². The maximum absolute atomic E-state index is 10.2. The number of benzene rings is 1. The number of aliphatic carboxylic acids is 1. The van der Waals surface area contributed by atoms with Gasteiger partial charge in [-0.1, -0.05) is 29.5 Å². The van der Waals surface area contributed by atoms with Crippen LogP contribution in [0.3, 0.4) is 0 Å². The van der Waals surface area contributed by atoms with Crippen LogP contribution in [-0.4, -0.2) is 11.1 Å². The third kappa shape index (κ3) is 3.97. The van der Waals surface area contributed by atoms with Crippen molar-refractivity contribution in [2.24, 2.45) is 0 Å². The predicted molar refractivity (Wildman–Crippen MR) is 55.2 cm³/mol. The standard InChI is InChI=1S/C11H9ClO2/c12-10-6-3-5-9(8-10)4-1-2-7-11(13)14/h3,5-6,8H,2,7H2,(H,13,14). The maximum Gasteiger partial charge on any atom is 0.304 e. The van der Waals surface area contributed by atoms with E-state index in [0.29, 0.717) is 11.4 Å². The van der Waals surface area contributed by atoms with Crippen LogP contribution < -0.4 is 0 Å². The van der Waals surface area contributed by atoms with Crippen LogP contribution in [-0.2, 0) is 4.79 Å². The summed E-state index contributed by atoms with van der Waals surface area (Å²) in [5.74, 6) is 4.79. The Morgan fingerprint density at radius 3 is 2.93 bits per heavy atom. The van der Waals surface area contributed by atoms with Crippen molar-refractivity contribution in [3.63, 3.8) is 0 Å². The van der Waals surface area contributed by atoms with Gasteiger partial charge in [0, 0.05) is 17.0 Å².